The number of benzene rings is 2. The number of nitrogens with two attached hydrogens (primary N) is 1. The summed E-state index contributed by atoms with van der Waals surface area (Å²) in [4.78, 5) is 14.2. The quantitative estimate of drug-likeness (QED) is 0.701. The number of carbonyl (C=O) groups excluding carboxylic acids is 1. The number of carbonyl (C=O) groups is 1. The molecule has 0 aliphatic carbocycles. The van der Waals surface area contributed by atoms with Crippen LogP contribution in [0.4, 0.5) is 0 Å². The maximum atomic E-state index is 12.1. The molecule has 1 unspecified atom stereocenters. The van der Waals surface area contributed by atoms with Crippen LogP contribution in [0.25, 0.3) is 0 Å². The normalized spacial score (nSPS) is 12.8. The van der Waals surface area contributed by atoms with Crippen LogP contribution in [-0.2, 0) is 21.4 Å². The summed E-state index contributed by atoms with van der Waals surface area (Å²) in [7, 11) is -1.78. The fourth-order valence-electron chi connectivity index (χ4n) is 2.59. The van der Waals surface area contributed by atoms with Crippen LogP contribution >= 0.6 is 11.6 Å². The predicted octanol–water partition coefficient (Wildman–Crippen LogP) is 2.69. The number of primary sulfonamides is 1. The van der Waals surface area contributed by atoms with Crippen molar-refractivity contribution >= 4 is 27.5 Å². The Bertz CT molecular complexity index is 885. The second kappa shape index (κ2) is 9.32. The Hall–Kier alpha value is -1.93. The van der Waals surface area contributed by atoms with Crippen molar-refractivity contribution in [1.29, 1.82) is 0 Å². The fraction of sp³-hybridized carbons (Fsp3) is 0.316. The summed E-state index contributed by atoms with van der Waals surface area (Å²) in [5.74, 6) is -0.0569. The van der Waals surface area contributed by atoms with Crippen molar-refractivity contribution in [1.82, 2.24) is 10.2 Å². The first-order valence-corrected chi connectivity index (χ1v) is 10.4. The summed E-state index contributed by atoms with van der Waals surface area (Å²) < 4.78 is 22.7. The number of halogens is 1. The number of hydrogen-bond acceptors (Lipinski definition) is 4. The number of hydrogen-bond donors (Lipinski definition) is 2. The summed E-state index contributed by atoms with van der Waals surface area (Å²) >= 11 is 6.08. The Kier molecular flexibility index (Phi) is 7.38. The monoisotopic (exact) mass is 409 g/mol. The van der Waals surface area contributed by atoms with Crippen LogP contribution < -0.4 is 10.5 Å². The van der Waals surface area contributed by atoms with Crippen LogP contribution in [0.2, 0.25) is 5.02 Å². The van der Waals surface area contributed by atoms with Crippen LogP contribution in [0.3, 0.4) is 0 Å². The van der Waals surface area contributed by atoms with E-state index in [4.69, 9.17) is 16.7 Å². The summed E-state index contributed by atoms with van der Waals surface area (Å²) in [6, 6.07) is 13.9. The molecule has 6 nitrogen and oxygen atoms in total. The van der Waals surface area contributed by atoms with Crippen molar-refractivity contribution < 1.29 is 13.2 Å². The Balaban J connectivity index is 1.84. The molecule has 0 spiro atoms. The zero-order valence-corrected chi connectivity index (χ0v) is 16.9. The van der Waals surface area contributed by atoms with E-state index >= 15 is 0 Å². The second-order valence-electron chi connectivity index (χ2n) is 6.39. The molecule has 3 N–H and O–H groups in total. The molecule has 0 aromatic heterocycles. The summed E-state index contributed by atoms with van der Waals surface area (Å²) in [6.45, 7) is 2.95. The van der Waals surface area contributed by atoms with Gasteiger partial charge in [0, 0.05) is 30.6 Å². The molecule has 0 heterocycles. The highest BCUT2D eigenvalue weighted by molar-refractivity contribution is 7.89. The van der Waals surface area contributed by atoms with Gasteiger partial charge >= 0.3 is 0 Å². The zero-order valence-electron chi connectivity index (χ0n) is 15.4. The van der Waals surface area contributed by atoms with Gasteiger partial charge in [0.25, 0.3) is 0 Å². The highest BCUT2D eigenvalue weighted by Gasteiger charge is 2.15. The molecule has 146 valence electrons. The first-order chi connectivity index (χ1) is 12.7. The molecule has 1 atom stereocenters. The van der Waals surface area contributed by atoms with Crippen molar-refractivity contribution in [3.63, 3.8) is 0 Å². The highest BCUT2D eigenvalue weighted by Crippen LogP contribution is 2.20. The molecule has 0 saturated heterocycles. The van der Waals surface area contributed by atoms with Gasteiger partial charge in [-0.3, -0.25) is 9.69 Å². The first-order valence-electron chi connectivity index (χ1n) is 8.51. The maximum Gasteiger partial charge on any atom is 0.238 e. The number of rotatable bonds is 8. The Morgan fingerprint density at radius 2 is 1.81 bits per heavy atom. The Morgan fingerprint density at radius 3 is 2.41 bits per heavy atom. The second-order valence-corrected chi connectivity index (χ2v) is 8.36. The lowest BCUT2D eigenvalue weighted by Gasteiger charge is -2.25. The highest BCUT2D eigenvalue weighted by atomic mass is 35.5. The van der Waals surface area contributed by atoms with Crippen LogP contribution in [0.5, 0.6) is 0 Å². The van der Waals surface area contributed by atoms with E-state index in [0.717, 1.165) is 11.1 Å². The third kappa shape index (κ3) is 6.32. The molecule has 0 radical (unpaired) electrons. The van der Waals surface area contributed by atoms with Gasteiger partial charge in [-0.1, -0.05) is 41.9 Å². The topological polar surface area (TPSA) is 92.5 Å². The molecule has 0 bridgehead atoms. The van der Waals surface area contributed by atoms with Gasteiger partial charge < -0.3 is 5.32 Å². The Labute approximate surface area is 165 Å². The van der Waals surface area contributed by atoms with Crippen molar-refractivity contribution in [2.45, 2.75) is 30.8 Å². The summed E-state index contributed by atoms with van der Waals surface area (Å²) in [5.41, 5.74) is 1.82. The lowest BCUT2D eigenvalue weighted by molar-refractivity contribution is -0.121. The van der Waals surface area contributed by atoms with Crippen LogP contribution in [0.15, 0.2) is 53.4 Å². The minimum absolute atomic E-state index is 0.0240. The fourth-order valence-corrected chi connectivity index (χ4v) is 3.30. The molecule has 2 rings (SSSR count). The number of amides is 1. The molecule has 1 amide bonds. The van der Waals surface area contributed by atoms with Crippen LogP contribution in [0.1, 0.15) is 30.5 Å². The van der Waals surface area contributed by atoms with Gasteiger partial charge in [0.1, 0.15) is 0 Å². The van der Waals surface area contributed by atoms with Gasteiger partial charge in [-0.25, -0.2) is 13.6 Å². The smallest absolute Gasteiger partial charge is 0.238 e. The van der Waals surface area contributed by atoms with Gasteiger partial charge in [0.15, 0.2) is 0 Å². The van der Waals surface area contributed by atoms with Crippen molar-refractivity contribution in [3.05, 3.63) is 64.7 Å². The molecule has 27 heavy (non-hydrogen) atoms. The molecule has 0 saturated carbocycles. The molecule has 0 aliphatic heterocycles. The van der Waals surface area contributed by atoms with E-state index in [1.807, 2.05) is 37.1 Å². The largest absolute Gasteiger partial charge is 0.352 e. The number of nitrogens with zero attached hydrogens (tertiary/aromatic N) is 1. The molecular weight excluding hydrogens is 386 g/mol. The molecule has 2 aromatic carbocycles. The van der Waals surface area contributed by atoms with E-state index < -0.39 is 10.0 Å². The van der Waals surface area contributed by atoms with Gasteiger partial charge in [-0.15, -0.1) is 0 Å². The van der Waals surface area contributed by atoms with E-state index in [-0.39, 0.29) is 16.8 Å². The van der Waals surface area contributed by atoms with Crippen molar-refractivity contribution in [2.75, 3.05) is 13.6 Å². The molecular formula is C19H24ClN3O3S. The van der Waals surface area contributed by atoms with Crippen molar-refractivity contribution in [2.24, 2.45) is 5.14 Å². The average Bonchev–Trinajstić information content (AvgIpc) is 2.64. The summed E-state index contributed by atoms with van der Waals surface area (Å²) in [6.07, 6.45) is 0.348. The summed E-state index contributed by atoms with van der Waals surface area (Å²) in [5, 5.41) is 8.61. The maximum absolute atomic E-state index is 12.1. The van der Waals surface area contributed by atoms with Gasteiger partial charge in [0.05, 0.1) is 4.90 Å². The van der Waals surface area contributed by atoms with Gasteiger partial charge in [-0.2, -0.15) is 0 Å². The van der Waals surface area contributed by atoms with E-state index in [1.165, 1.54) is 12.1 Å². The van der Waals surface area contributed by atoms with Crippen LogP contribution in [-0.4, -0.2) is 32.8 Å². The standard InChI is InChI=1S/C19H24ClN3O3S/c1-14(15-7-9-17(10-8-15)27(21,25)26)23(2)12-11-19(24)22-13-16-5-3-4-6-18(16)20/h3-10,14H,11-13H2,1-2H3,(H,22,24)(H2,21,25,26). The third-order valence-corrected chi connectivity index (χ3v) is 5.78. The third-order valence-electron chi connectivity index (χ3n) is 4.48. The molecule has 8 heteroatoms. The molecule has 0 aliphatic rings. The first kappa shape index (κ1) is 21.4. The minimum Gasteiger partial charge on any atom is -0.352 e. The lowest BCUT2D eigenvalue weighted by Crippen LogP contribution is -2.30. The lowest BCUT2D eigenvalue weighted by atomic mass is 10.1. The van der Waals surface area contributed by atoms with Gasteiger partial charge in [0.2, 0.25) is 15.9 Å². The minimum atomic E-state index is -3.70. The molecule has 0 fully saturated rings. The molecule has 2 aromatic rings. The number of sulfonamides is 1. The number of nitrogens with one attached hydrogen (secondary N) is 1. The SMILES string of the molecule is CC(c1ccc(S(N)(=O)=O)cc1)N(C)CCC(=O)NCc1ccccc1Cl. The van der Waals surface area contributed by atoms with Crippen LogP contribution in [0, 0.1) is 0 Å². The van der Waals surface area contributed by atoms with Crippen molar-refractivity contribution in [3.8, 4) is 0 Å². The van der Waals surface area contributed by atoms with Gasteiger partial charge in [-0.05, 0) is 43.3 Å². The zero-order chi connectivity index (χ0) is 20.0. The van der Waals surface area contributed by atoms with E-state index in [2.05, 4.69) is 5.32 Å². The van der Waals surface area contributed by atoms with E-state index in [1.54, 1.807) is 18.2 Å². The van der Waals surface area contributed by atoms with E-state index in [0.29, 0.717) is 24.5 Å². The average molecular weight is 410 g/mol. The Morgan fingerprint density at radius 1 is 1.19 bits per heavy atom. The van der Waals surface area contributed by atoms with E-state index in [9.17, 15) is 13.2 Å². The predicted molar refractivity (Wildman–Crippen MR) is 107 cm³/mol.